The van der Waals surface area contributed by atoms with Gasteiger partial charge in [-0.1, -0.05) is 92.6 Å². The van der Waals surface area contributed by atoms with E-state index in [0.29, 0.717) is 50.0 Å². The molecule has 4 fully saturated rings. The number of unbranched alkanes of at least 4 members (excludes halogenated alkanes) is 3. The number of aliphatic hydroxyl groups excluding tert-OH is 11. The van der Waals surface area contributed by atoms with Gasteiger partial charge in [-0.3, -0.25) is 62.3 Å². The molecular weight excluding hydrogens is 1790 g/mol. The molecule has 7 rings (SSSR count). The summed E-state index contributed by atoms with van der Waals surface area (Å²) in [5.74, 6) is -12.5. The van der Waals surface area contributed by atoms with Gasteiger partial charge < -0.3 is 155 Å². The maximum Gasteiger partial charge on any atom is 0.243 e. The number of benzene rings is 3. The number of nitrogens with one attached hydrogen (secondary N) is 8. The molecule has 4 saturated heterocycles. The Bertz CT molecular complexity index is 4290. The van der Waals surface area contributed by atoms with Gasteiger partial charge in [-0.15, -0.1) is 0 Å². The van der Waals surface area contributed by atoms with Crippen molar-refractivity contribution in [2.24, 2.45) is 52.5 Å². The fraction of sp³-hybridized carbons (Fsp3) is 0.670. The molecule has 27 N–H and O–H groups in total. The van der Waals surface area contributed by atoms with Crippen LogP contribution in [0.5, 0.6) is 5.75 Å². The number of amides is 8. The van der Waals surface area contributed by atoms with Crippen molar-refractivity contribution in [3.05, 3.63) is 90.0 Å². The van der Waals surface area contributed by atoms with Crippen LogP contribution in [0.4, 0.5) is 0 Å². The van der Waals surface area contributed by atoms with Gasteiger partial charge in [0.25, 0.3) is 0 Å². The van der Waals surface area contributed by atoms with E-state index < -0.39 is 256 Å². The number of rotatable bonds is 45. The van der Waals surface area contributed by atoms with Crippen molar-refractivity contribution in [2.45, 2.75) is 299 Å². The second-order valence-corrected chi connectivity index (χ2v) is 35.7. The molecule has 0 saturated carbocycles. The van der Waals surface area contributed by atoms with Gasteiger partial charge in [-0.05, 0) is 152 Å². The Morgan fingerprint density at radius 3 is 1.72 bits per heavy atom. The highest BCUT2D eigenvalue weighted by Crippen LogP contribution is 2.35. The standard InChI is InChI=1S/C55H91N11O13.C39H55NO18/c1-32(2)26-46-55(79)65-45(18-23-59)54(78)64-44(17-22-58)49(73)31-41(34(4)68)52(76)61-25-19-37(50(74)62-42(15-20-56)48(72)29-38(51(75)66-46)27-36-12-8-6-9-13-36)28-47(71)43(16-21-57)63-53(77)40(33(3)67)30-39(70)14-10-7-11-24-60-35(5)69;1-19-6-5-7-22(14-19)21-9-11-24(12-10-21)53-18-23(45)8-3-4-13-52-37-28(40-20(2)44)31(48)35(27(17-43)56-37)57-39-34(51)36(30(47)26(16-42)55-39)58-38-33(50)32(49)29(46)25(15-41)54-38/h6,8-9,12-13,32-34,37-38,40-46,67-68H,7,10-11,14-31,56-59H2,1-5H3,(H,60,69)(H,61,76)(H,62,74)(H,63,77)(H,64,78)(H,65,79)(H,66,75);5-7,9-12,14,25-39,41-43,46-51H,3-4,8,13,15-18H2,1-2H3,(H,40,44)/t33-,34-,37-,38+,40+,41+,42+,43+,44+,45+,46+;25?,26?,27?,28?,29-,30-,31+,32-,33?,34?,35+,36-,37+,38+,39-/m10/s1. The number of hydrogen-bond acceptors (Lipinski definition) is 35. The summed E-state index contributed by atoms with van der Waals surface area (Å²) in [7, 11) is 0. The van der Waals surface area contributed by atoms with Gasteiger partial charge in [0.1, 0.15) is 103 Å². The fourth-order valence-corrected chi connectivity index (χ4v) is 16.3. The Kier molecular flexibility index (Phi) is 51.0. The summed E-state index contributed by atoms with van der Waals surface area (Å²) in [5.41, 5.74) is 27.6. The third-order valence-electron chi connectivity index (χ3n) is 24.1. The highest BCUT2D eigenvalue weighted by molar-refractivity contribution is 5.99. The first-order valence-electron chi connectivity index (χ1n) is 46.9. The number of ketones is 5. The minimum absolute atomic E-state index is 0.0240. The molecule has 0 aromatic heterocycles. The lowest BCUT2D eigenvalue weighted by atomic mass is 9.89. The van der Waals surface area contributed by atoms with Gasteiger partial charge in [0.15, 0.2) is 42.0 Å². The lowest BCUT2D eigenvalue weighted by molar-refractivity contribution is -0.376. The molecule has 0 bridgehead atoms. The first-order valence-corrected chi connectivity index (χ1v) is 46.9. The maximum atomic E-state index is 14.5. The summed E-state index contributed by atoms with van der Waals surface area (Å²) in [6, 6.07) is 16.7. The zero-order valence-corrected chi connectivity index (χ0v) is 79.0. The number of Topliss-reactive ketones (excluding diaryl/α,β-unsaturated/α-hetero) is 5. The summed E-state index contributed by atoms with van der Waals surface area (Å²) < 4.78 is 39.8. The van der Waals surface area contributed by atoms with Crippen LogP contribution < -0.4 is 70.2 Å². The van der Waals surface area contributed by atoms with Crippen molar-refractivity contribution >= 4 is 76.2 Å². The van der Waals surface area contributed by atoms with E-state index in [1.54, 1.807) is 42.5 Å². The number of aliphatic hydroxyl groups is 11. The predicted molar refractivity (Wildman–Crippen MR) is 492 cm³/mol. The average Bonchev–Trinajstić information content (AvgIpc) is 0.773. The lowest BCUT2D eigenvalue weighted by Crippen LogP contribution is -2.68. The van der Waals surface area contributed by atoms with E-state index in [1.807, 2.05) is 51.1 Å². The van der Waals surface area contributed by atoms with E-state index in [0.717, 1.165) is 16.7 Å². The molecule has 4 heterocycles. The monoisotopic (exact) mass is 1940 g/mol. The zero-order chi connectivity index (χ0) is 101. The number of aryl methyl sites for hydroxylation is 1. The van der Waals surface area contributed by atoms with Crippen LogP contribution in [0.25, 0.3) is 11.1 Å². The van der Waals surface area contributed by atoms with Gasteiger partial charge in [0.05, 0.1) is 62.0 Å². The predicted octanol–water partition coefficient (Wildman–Crippen LogP) is -4.24. The summed E-state index contributed by atoms with van der Waals surface area (Å²) in [6.45, 7) is 8.17. The largest absolute Gasteiger partial charge is 0.486 e. The minimum Gasteiger partial charge on any atom is -0.486 e. The Balaban J connectivity index is 0.000000439. The van der Waals surface area contributed by atoms with Crippen molar-refractivity contribution in [1.82, 2.24) is 42.5 Å². The van der Waals surface area contributed by atoms with Crippen LogP contribution in [-0.2, 0) is 97.2 Å². The van der Waals surface area contributed by atoms with Crippen LogP contribution in [0.1, 0.15) is 162 Å². The Morgan fingerprint density at radius 2 is 1.12 bits per heavy atom. The second kappa shape index (κ2) is 60.0. The number of ether oxygens (including phenoxy) is 7. The third-order valence-corrected chi connectivity index (χ3v) is 24.1. The fourth-order valence-electron chi connectivity index (χ4n) is 16.3. The third kappa shape index (κ3) is 37.7. The molecule has 4 aliphatic heterocycles. The summed E-state index contributed by atoms with van der Waals surface area (Å²) >= 11 is 0. The molecule has 3 aromatic rings. The van der Waals surface area contributed by atoms with Gasteiger partial charge >= 0.3 is 0 Å². The number of hydrogen-bond donors (Lipinski definition) is 23. The van der Waals surface area contributed by atoms with Gasteiger partial charge in [0, 0.05) is 83.9 Å². The van der Waals surface area contributed by atoms with E-state index in [2.05, 4.69) is 48.6 Å². The molecule has 8 amide bonds. The van der Waals surface area contributed by atoms with E-state index in [1.165, 1.54) is 27.7 Å². The molecule has 768 valence electrons. The Morgan fingerprint density at radius 1 is 0.547 bits per heavy atom. The van der Waals surface area contributed by atoms with Crippen molar-refractivity contribution in [3.63, 3.8) is 0 Å². The number of carbonyl (C=O) groups excluding carboxylic acids is 13. The van der Waals surface area contributed by atoms with Crippen molar-refractivity contribution in [1.29, 1.82) is 0 Å². The topological polar surface area (TPSA) is 709 Å². The van der Waals surface area contributed by atoms with Crippen LogP contribution in [-0.4, -0.2) is 339 Å². The quantitative estimate of drug-likeness (QED) is 0.0238. The SMILES string of the molecule is CC(=O)NC1[C@H](OCCCCC(=O)COc2ccc(-c3cccc(C)c3)cc2)OC(CO)[C@@H](O[C@@H]2OC(CO)[C@H](O)[C@H](O[C@H]3OC(CO)[C@H](O)[C@H](O)C3O)C2O)[C@@H]1O.CC(=O)NCCCCCC(=O)C[C@H](C(=O)N[C@@H](CCN)C(=O)C[C@H]1CCNC(=O)[C@H]([C@@H](C)O)CC(=O)[C@H](CCN)NC(=O)[C@H](CCN)NC(=O)[C@H](CC(C)C)NC(=O)[C@@H](Cc2ccccc2)CC(=O)[C@H](CCN)NC1=O)[C@@H](C)O. The highest BCUT2D eigenvalue weighted by Gasteiger charge is 2.55. The van der Waals surface area contributed by atoms with Gasteiger partial charge in [-0.2, -0.15) is 0 Å². The van der Waals surface area contributed by atoms with Gasteiger partial charge in [0.2, 0.25) is 47.3 Å². The highest BCUT2D eigenvalue weighted by atomic mass is 16.8. The maximum absolute atomic E-state index is 14.5. The van der Waals surface area contributed by atoms with Crippen LogP contribution in [0.2, 0.25) is 0 Å². The molecule has 137 heavy (non-hydrogen) atoms. The van der Waals surface area contributed by atoms with Crippen LogP contribution in [0, 0.1) is 36.5 Å². The van der Waals surface area contributed by atoms with Gasteiger partial charge in [-0.25, -0.2) is 0 Å². The summed E-state index contributed by atoms with van der Waals surface area (Å²) in [4.78, 5) is 176. The minimum atomic E-state index is -1.94. The molecule has 43 heteroatoms. The lowest BCUT2D eigenvalue weighted by Gasteiger charge is -2.48. The first kappa shape index (κ1) is 116. The molecule has 0 radical (unpaired) electrons. The molecule has 43 nitrogen and oxygen atoms in total. The smallest absolute Gasteiger partial charge is 0.243 e. The van der Waals surface area contributed by atoms with Crippen LogP contribution in [0.15, 0.2) is 78.9 Å². The molecule has 6 unspecified atom stereocenters. The van der Waals surface area contributed by atoms with Crippen LogP contribution >= 0.6 is 0 Å². The van der Waals surface area contributed by atoms with E-state index in [9.17, 15) is 119 Å². The van der Waals surface area contributed by atoms with E-state index in [4.69, 9.17) is 56.1 Å². The summed E-state index contributed by atoms with van der Waals surface area (Å²) in [5, 5.41) is 137. The van der Waals surface area contributed by atoms with E-state index >= 15 is 0 Å². The summed E-state index contributed by atoms with van der Waals surface area (Å²) in [6.07, 6.45) is -25.6. The molecular formula is C94H146N12O31. The molecule has 0 aliphatic carbocycles. The zero-order valence-electron chi connectivity index (χ0n) is 79.0. The van der Waals surface area contributed by atoms with Crippen molar-refractivity contribution in [2.75, 3.05) is 72.3 Å². The molecule has 26 atom stereocenters. The second-order valence-electron chi connectivity index (χ2n) is 35.7. The van der Waals surface area contributed by atoms with Crippen LogP contribution in [0.3, 0.4) is 0 Å². The number of nitrogens with two attached hydrogens (primary N) is 4. The Hall–Kier alpha value is -9.27. The number of carbonyl (C=O) groups is 13. The Labute approximate surface area is 797 Å². The molecule has 4 aliphatic rings. The molecule has 0 spiro atoms. The molecule has 3 aromatic carbocycles. The van der Waals surface area contributed by atoms with Crippen molar-refractivity contribution < 1.29 is 152 Å². The normalized spacial score (nSPS) is 28.3. The average molecular weight is 1940 g/mol. The van der Waals surface area contributed by atoms with Crippen molar-refractivity contribution in [3.8, 4) is 16.9 Å². The van der Waals surface area contributed by atoms with E-state index in [-0.39, 0.29) is 134 Å². The first-order chi connectivity index (χ1) is 65.2.